The molecule has 3 heteroatoms. The first kappa shape index (κ1) is 14.3. The lowest BCUT2D eigenvalue weighted by Gasteiger charge is -2.02. The first-order valence-corrected chi connectivity index (χ1v) is 7.80. The molecular weight excluding hydrogens is 228 g/mol. The first-order valence-electron chi connectivity index (χ1n) is 7.80. The van der Waals surface area contributed by atoms with Crippen LogP contribution in [0.25, 0.3) is 0 Å². The molecule has 0 atom stereocenters. The molecule has 0 amide bonds. The second-order valence-corrected chi connectivity index (χ2v) is 5.80. The van der Waals surface area contributed by atoms with E-state index in [2.05, 4.69) is 6.92 Å². The number of aliphatic hydroxyl groups is 1. The lowest BCUT2D eigenvalue weighted by molar-refractivity contribution is -0.114. The molecule has 0 aromatic carbocycles. The van der Waals surface area contributed by atoms with Gasteiger partial charge in [-0.15, -0.1) is 0 Å². The van der Waals surface area contributed by atoms with Crippen LogP contribution in [0.2, 0.25) is 0 Å². The third-order valence-corrected chi connectivity index (χ3v) is 4.22. The van der Waals surface area contributed by atoms with E-state index in [1.54, 1.807) is 0 Å². The van der Waals surface area contributed by atoms with E-state index in [0.717, 1.165) is 12.8 Å². The van der Waals surface area contributed by atoms with E-state index in [9.17, 15) is 0 Å². The van der Waals surface area contributed by atoms with Crippen LogP contribution in [0.15, 0.2) is 0 Å². The Labute approximate surface area is 111 Å². The van der Waals surface area contributed by atoms with Gasteiger partial charge in [0.2, 0.25) is 5.79 Å². The smallest absolute Gasteiger partial charge is 0.253 e. The van der Waals surface area contributed by atoms with E-state index < -0.39 is 5.79 Å². The monoisotopic (exact) mass is 256 g/mol. The average molecular weight is 256 g/mol. The molecule has 2 heterocycles. The van der Waals surface area contributed by atoms with Gasteiger partial charge in [0, 0.05) is 6.42 Å². The molecule has 18 heavy (non-hydrogen) atoms. The predicted octanol–water partition coefficient (Wildman–Crippen LogP) is 3.74. The molecule has 0 radical (unpaired) electrons. The van der Waals surface area contributed by atoms with Gasteiger partial charge in [-0.05, 0) is 6.42 Å². The molecule has 0 aromatic rings. The van der Waals surface area contributed by atoms with Gasteiger partial charge in [0.25, 0.3) is 5.79 Å². The number of ether oxygens (including phenoxy) is 2. The number of epoxide rings is 2. The molecule has 1 N–H and O–H groups in total. The Hall–Kier alpha value is -0.120. The third-order valence-electron chi connectivity index (χ3n) is 4.22. The van der Waals surface area contributed by atoms with Crippen molar-refractivity contribution >= 4 is 0 Å². The topological polar surface area (TPSA) is 45.3 Å². The minimum absolute atomic E-state index is 0.0186. The molecule has 0 saturated carbocycles. The molecule has 0 bridgehead atoms. The molecule has 0 spiro atoms. The molecule has 2 fully saturated rings. The Morgan fingerprint density at radius 3 is 1.67 bits per heavy atom. The van der Waals surface area contributed by atoms with E-state index in [1.807, 2.05) is 0 Å². The van der Waals surface area contributed by atoms with Gasteiger partial charge in [-0.1, -0.05) is 64.7 Å². The van der Waals surface area contributed by atoms with Crippen molar-refractivity contribution in [3.8, 4) is 0 Å². The number of hydrogen-bond donors (Lipinski definition) is 1. The van der Waals surface area contributed by atoms with Gasteiger partial charge in [-0.2, -0.15) is 0 Å². The van der Waals surface area contributed by atoms with Gasteiger partial charge in [0.15, 0.2) is 0 Å². The normalized spacial score (nSPS) is 32.3. The maximum absolute atomic E-state index is 8.98. The predicted molar refractivity (Wildman–Crippen MR) is 71.2 cm³/mol. The van der Waals surface area contributed by atoms with Gasteiger partial charge in [-0.3, -0.25) is 0 Å². The van der Waals surface area contributed by atoms with Crippen molar-refractivity contribution in [2.45, 2.75) is 89.1 Å². The number of aliphatic hydroxyl groups excluding tert-OH is 1. The van der Waals surface area contributed by atoms with Crippen LogP contribution in [0.4, 0.5) is 0 Å². The molecule has 2 saturated heterocycles. The van der Waals surface area contributed by atoms with Crippen LogP contribution in [-0.2, 0) is 9.47 Å². The summed E-state index contributed by atoms with van der Waals surface area (Å²) in [6.45, 7) is 2.28. The summed E-state index contributed by atoms with van der Waals surface area (Å²) in [4.78, 5) is 0. The van der Waals surface area contributed by atoms with Crippen LogP contribution >= 0.6 is 0 Å². The fourth-order valence-electron chi connectivity index (χ4n) is 2.81. The zero-order chi connectivity index (χ0) is 12.9. The fourth-order valence-corrected chi connectivity index (χ4v) is 2.81. The van der Waals surface area contributed by atoms with E-state index >= 15 is 0 Å². The van der Waals surface area contributed by atoms with Crippen LogP contribution in [0.1, 0.15) is 77.6 Å². The number of rotatable bonds is 12. The number of hydrogen-bond acceptors (Lipinski definition) is 3. The highest BCUT2D eigenvalue weighted by atomic mass is 17.1. The van der Waals surface area contributed by atoms with Crippen LogP contribution in [-0.4, -0.2) is 23.3 Å². The summed E-state index contributed by atoms with van der Waals surface area (Å²) in [7, 11) is 0. The molecular formula is C15H28O3. The number of fused-ring (bicyclic) bond motifs is 1. The van der Waals surface area contributed by atoms with Crippen LogP contribution in [0.3, 0.4) is 0 Å². The minimum atomic E-state index is -0.549. The Bertz CT molecular complexity index is 246. The highest BCUT2D eigenvalue weighted by Gasteiger charge is 2.90. The largest absolute Gasteiger partial charge is 0.391 e. The molecule has 0 aliphatic carbocycles. The molecule has 2 aliphatic heterocycles. The lowest BCUT2D eigenvalue weighted by atomic mass is 10.0. The fraction of sp³-hybridized carbons (Fsp3) is 1.00. The summed E-state index contributed by atoms with van der Waals surface area (Å²) in [6, 6.07) is 0. The Kier molecular flexibility index (Phi) is 5.05. The van der Waals surface area contributed by atoms with Gasteiger partial charge >= 0.3 is 0 Å². The molecule has 106 valence electrons. The van der Waals surface area contributed by atoms with Gasteiger partial charge < -0.3 is 14.6 Å². The standard InChI is InChI=1S/C15H28O3/c1-2-3-4-5-6-7-8-9-10-11-12-14-15(13-16,17-14)18-14/h16H,2-13H2,1H3. The summed E-state index contributed by atoms with van der Waals surface area (Å²) in [5, 5.41) is 8.98. The van der Waals surface area contributed by atoms with E-state index in [-0.39, 0.29) is 12.4 Å². The summed E-state index contributed by atoms with van der Waals surface area (Å²) in [5.41, 5.74) is 0. The van der Waals surface area contributed by atoms with Crippen LogP contribution in [0, 0.1) is 0 Å². The second-order valence-electron chi connectivity index (χ2n) is 5.80. The van der Waals surface area contributed by atoms with Crippen LogP contribution < -0.4 is 0 Å². The zero-order valence-corrected chi connectivity index (χ0v) is 11.7. The summed E-state index contributed by atoms with van der Waals surface area (Å²) < 4.78 is 10.7. The van der Waals surface area contributed by atoms with E-state index in [0.29, 0.717) is 0 Å². The highest BCUT2D eigenvalue weighted by molar-refractivity contribution is 5.17. The Morgan fingerprint density at radius 1 is 0.722 bits per heavy atom. The minimum Gasteiger partial charge on any atom is -0.391 e. The van der Waals surface area contributed by atoms with Crippen molar-refractivity contribution in [2.75, 3.05) is 6.61 Å². The maximum atomic E-state index is 8.98. The highest BCUT2D eigenvalue weighted by Crippen LogP contribution is 2.69. The lowest BCUT2D eigenvalue weighted by Crippen LogP contribution is -2.03. The Balaban J connectivity index is 1.31. The molecule has 2 rings (SSSR count). The van der Waals surface area contributed by atoms with Crippen molar-refractivity contribution in [1.82, 2.24) is 0 Å². The van der Waals surface area contributed by atoms with Gasteiger partial charge in [0.1, 0.15) is 6.61 Å². The summed E-state index contributed by atoms with van der Waals surface area (Å²) in [6.07, 6.45) is 14.4. The van der Waals surface area contributed by atoms with Crippen molar-refractivity contribution in [3.63, 3.8) is 0 Å². The van der Waals surface area contributed by atoms with Crippen LogP contribution in [0.5, 0.6) is 0 Å². The molecule has 3 nitrogen and oxygen atoms in total. The molecule has 0 unspecified atom stereocenters. The van der Waals surface area contributed by atoms with E-state index in [4.69, 9.17) is 14.6 Å². The Morgan fingerprint density at radius 2 is 1.22 bits per heavy atom. The SMILES string of the molecule is CCCCCCCCCCCCC12OC1(CO)O2. The number of unbranched alkanes of at least 4 members (excludes halogenated alkanes) is 9. The second kappa shape index (κ2) is 6.36. The van der Waals surface area contributed by atoms with Crippen molar-refractivity contribution < 1.29 is 14.6 Å². The zero-order valence-electron chi connectivity index (χ0n) is 11.7. The molecule has 2 aliphatic rings. The van der Waals surface area contributed by atoms with E-state index in [1.165, 1.54) is 57.8 Å². The maximum Gasteiger partial charge on any atom is 0.253 e. The van der Waals surface area contributed by atoms with Gasteiger partial charge in [0.05, 0.1) is 0 Å². The average Bonchev–Trinajstić information content (AvgIpc) is 3.18. The van der Waals surface area contributed by atoms with Crippen molar-refractivity contribution in [2.24, 2.45) is 0 Å². The van der Waals surface area contributed by atoms with Gasteiger partial charge in [-0.25, -0.2) is 0 Å². The summed E-state index contributed by atoms with van der Waals surface area (Å²) in [5.74, 6) is -0.895. The quantitative estimate of drug-likeness (QED) is 0.427. The van der Waals surface area contributed by atoms with Crippen molar-refractivity contribution in [3.05, 3.63) is 0 Å². The first-order chi connectivity index (χ1) is 8.79. The van der Waals surface area contributed by atoms with Crippen molar-refractivity contribution in [1.29, 1.82) is 0 Å². The summed E-state index contributed by atoms with van der Waals surface area (Å²) >= 11 is 0. The molecule has 0 aromatic heterocycles. The third kappa shape index (κ3) is 3.25.